The average Bonchev–Trinajstić information content (AvgIpc) is 2.91. The average molecular weight is 411 g/mol. The number of nitrogens with one attached hydrogen (secondary N) is 1. The molecule has 1 aromatic rings. The maximum absolute atomic E-state index is 12.2. The van der Waals surface area contributed by atoms with Gasteiger partial charge in [-0.3, -0.25) is 0 Å². The van der Waals surface area contributed by atoms with Crippen LogP contribution in [0.5, 0.6) is 11.5 Å². The first kappa shape index (κ1) is 17.9. The van der Waals surface area contributed by atoms with E-state index < -0.39 is 0 Å². The van der Waals surface area contributed by atoms with Gasteiger partial charge in [-0.25, -0.2) is 4.79 Å². The molecule has 0 bridgehead atoms. The summed E-state index contributed by atoms with van der Waals surface area (Å²) in [7, 11) is 1.65. The van der Waals surface area contributed by atoms with Gasteiger partial charge >= 0.3 is 5.97 Å². The zero-order valence-corrected chi connectivity index (χ0v) is 16.5. The van der Waals surface area contributed by atoms with Crippen molar-refractivity contribution in [3.8, 4) is 11.5 Å². The predicted molar refractivity (Wildman–Crippen MR) is 99.1 cm³/mol. The van der Waals surface area contributed by atoms with E-state index >= 15 is 0 Å². The number of esters is 1. The summed E-state index contributed by atoms with van der Waals surface area (Å²) in [5, 5.41) is 2.98. The fourth-order valence-electron chi connectivity index (χ4n) is 3.19. The van der Waals surface area contributed by atoms with Crippen LogP contribution >= 0.6 is 15.9 Å². The molecule has 3 rings (SSSR count). The molecule has 0 spiro atoms. The summed E-state index contributed by atoms with van der Waals surface area (Å²) in [6.07, 6.45) is 1.62. The summed E-state index contributed by atoms with van der Waals surface area (Å²) in [5.41, 5.74) is 3.63. The fraction of sp³-hybridized carbons (Fsp3) is 0.500. The molecule has 0 aromatic heterocycles. The molecule has 0 radical (unpaired) electrons. The number of benzene rings is 1. The molecule has 25 heavy (non-hydrogen) atoms. The minimum atomic E-state index is -0.319. The van der Waals surface area contributed by atoms with Gasteiger partial charge in [0.25, 0.3) is 0 Å². The number of nitrogens with zero attached hydrogens (tertiary/aromatic N) is 1. The Morgan fingerprint density at radius 3 is 2.76 bits per heavy atom. The third kappa shape index (κ3) is 3.29. The van der Waals surface area contributed by atoms with Crippen molar-refractivity contribution in [1.82, 2.24) is 5.32 Å². The van der Waals surface area contributed by atoms with Crippen LogP contribution in [0.25, 0.3) is 0 Å². The van der Waals surface area contributed by atoms with Gasteiger partial charge in [0.05, 0.1) is 31.2 Å². The van der Waals surface area contributed by atoms with Crippen LogP contribution in [-0.4, -0.2) is 30.9 Å². The molecule has 7 heteroatoms. The maximum Gasteiger partial charge on any atom is 0.356 e. The molecule has 0 aliphatic carbocycles. The molecule has 2 aliphatic rings. The number of ether oxygens (including phenoxy) is 3. The van der Waals surface area contributed by atoms with E-state index in [0.29, 0.717) is 18.1 Å². The van der Waals surface area contributed by atoms with Gasteiger partial charge in [0.1, 0.15) is 5.70 Å². The van der Waals surface area contributed by atoms with E-state index in [1.165, 1.54) is 0 Å². The standard InChI is InChI=1S/C18H23BrN2O4/c1-5-24-17(22)16-12-7-6-11-8-14(23-4)15(25-10(2)3)9-13(11)21(12)18(19)20-16/h8-10,18,20H,5-7H2,1-4H3. The summed E-state index contributed by atoms with van der Waals surface area (Å²) in [5.74, 6) is 1.10. The minimum absolute atomic E-state index is 0.0390. The molecule has 1 N–H and O–H groups in total. The Kier molecular flexibility index (Phi) is 5.13. The third-order valence-corrected chi connectivity index (χ3v) is 4.81. The van der Waals surface area contributed by atoms with E-state index in [-0.39, 0.29) is 17.1 Å². The van der Waals surface area contributed by atoms with Gasteiger partial charge in [-0.2, -0.15) is 0 Å². The van der Waals surface area contributed by atoms with E-state index in [4.69, 9.17) is 14.2 Å². The molecule has 0 saturated heterocycles. The Morgan fingerprint density at radius 2 is 2.12 bits per heavy atom. The minimum Gasteiger partial charge on any atom is -0.493 e. The van der Waals surface area contributed by atoms with Gasteiger partial charge in [-0.15, -0.1) is 0 Å². The Hall–Kier alpha value is -1.89. The van der Waals surface area contributed by atoms with Gasteiger partial charge in [0.2, 0.25) is 0 Å². The number of fused-ring (bicyclic) bond motifs is 3. The largest absolute Gasteiger partial charge is 0.493 e. The first-order valence-electron chi connectivity index (χ1n) is 8.44. The number of allylic oxidation sites excluding steroid dienone is 1. The number of hydrogen-bond donors (Lipinski definition) is 1. The molecule has 1 aromatic carbocycles. The van der Waals surface area contributed by atoms with Crippen molar-refractivity contribution >= 4 is 27.6 Å². The summed E-state index contributed by atoms with van der Waals surface area (Å²) in [6, 6.07) is 4.00. The smallest absolute Gasteiger partial charge is 0.356 e. The summed E-state index contributed by atoms with van der Waals surface area (Å²) in [4.78, 5) is 14.3. The second-order valence-corrected chi connectivity index (χ2v) is 7.06. The SMILES string of the molecule is CCOC(=O)C1=C2CCc3cc(OC)c(OC(C)C)cc3N2C(Br)N1. The highest BCUT2D eigenvalue weighted by Crippen LogP contribution is 2.44. The van der Waals surface area contributed by atoms with Gasteiger partial charge < -0.3 is 24.4 Å². The van der Waals surface area contributed by atoms with Crippen molar-refractivity contribution in [2.75, 3.05) is 18.6 Å². The zero-order valence-electron chi connectivity index (χ0n) is 14.9. The molecular formula is C18H23BrN2O4. The lowest BCUT2D eigenvalue weighted by atomic mass is 9.98. The Morgan fingerprint density at radius 1 is 1.36 bits per heavy atom. The fourth-order valence-corrected chi connectivity index (χ4v) is 3.89. The second-order valence-electron chi connectivity index (χ2n) is 6.19. The number of carbonyl (C=O) groups is 1. The number of alkyl halides is 1. The van der Waals surface area contributed by atoms with E-state index in [2.05, 4.69) is 26.1 Å². The Balaban J connectivity index is 2.04. The van der Waals surface area contributed by atoms with Gasteiger partial charge in [0.15, 0.2) is 16.6 Å². The number of anilines is 1. The molecule has 0 amide bonds. The quantitative estimate of drug-likeness (QED) is 0.456. The summed E-state index contributed by atoms with van der Waals surface area (Å²) < 4.78 is 16.6. The van der Waals surface area contributed by atoms with Gasteiger partial charge in [0, 0.05) is 6.07 Å². The van der Waals surface area contributed by atoms with E-state index in [1.54, 1.807) is 14.0 Å². The number of halogens is 1. The lowest BCUT2D eigenvalue weighted by Crippen LogP contribution is -2.34. The number of aryl methyl sites for hydroxylation is 1. The predicted octanol–water partition coefficient (Wildman–Crippen LogP) is 3.29. The monoisotopic (exact) mass is 410 g/mol. The summed E-state index contributed by atoms with van der Waals surface area (Å²) in [6.45, 7) is 6.12. The van der Waals surface area contributed by atoms with Crippen LogP contribution in [-0.2, 0) is 16.0 Å². The molecule has 1 atom stereocenters. The lowest BCUT2D eigenvalue weighted by molar-refractivity contribution is -0.138. The maximum atomic E-state index is 12.2. The molecular weight excluding hydrogens is 388 g/mol. The lowest BCUT2D eigenvalue weighted by Gasteiger charge is -2.32. The molecule has 6 nitrogen and oxygen atoms in total. The van der Waals surface area contributed by atoms with E-state index in [0.717, 1.165) is 35.5 Å². The van der Waals surface area contributed by atoms with Crippen molar-refractivity contribution < 1.29 is 19.0 Å². The van der Waals surface area contributed by atoms with Crippen molar-refractivity contribution in [3.63, 3.8) is 0 Å². The number of carbonyl (C=O) groups excluding carboxylic acids is 1. The Bertz CT molecular complexity index is 717. The van der Waals surface area contributed by atoms with Gasteiger partial charge in [-0.05, 0) is 61.2 Å². The van der Waals surface area contributed by atoms with Crippen LogP contribution in [0.1, 0.15) is 32.8 Å². The van der Waals surface area contributed by atoms with Crippen LogP contribution in [0.4, 0.5) is 5.69 Å². The number of rotatable bonds is 5. The first-order chi connectivity index (χ1) is 12.0. The first-order valence-corrected chi connectivity index (χ1v) is 9.35. The summed E-state index contributed by atoms with van der Waals surface area (Å²) >= 11 is 3.61. The van der Waals surface area contributed by atoms with Crippen LogP contribution in [0.3, 0.4) is 0 Å². The number of methoxy groups -OCH3 is 1. The second kappa shape index (κ2) is 7.15. The molecule has 2 heterocycles. The normalized spacial score (nSPS) is 18.6. The van der Waals surface area contributed by atoms with Crippen molar-refractivity contribution in [2.24, 2.45) is 0 Å². The van der Waals surface area contributed by atoms with Crippen molar-refractivity contribution in [2.45, 2.75) is 44.8 Å². The highest BCUT2D eigenvalue weighted by atomic mass is 79.9. The topological polar surface area (TPSA) is 60.0 Å². The third-order valence-electron chi connectivity index (χ3n) is 4.17. The molecule has 0 saturated carbocycles. The highest BCUT2D eigenvalue weighted by Gasteiger charge is 2.38. The van der Waals surface area contributed by atoms with Crippen molar-refractivity contribution in [3.05, 3.63) is 29.1 Å². The zero-order chi connectivity index (χ0) is 18.1. The van der Waals surface area contributed by atoms with E-state index in [9.17, 15) is 4.79 Å². The van der Waals surface area contributed by atoms with Crippen LogP contribution in [0, 0.1) is 0 Å². The molecule has 136 valence electrons. The van der Waals surface area contributed by atoms with Crippen LogP contribution < -0.4 is 19.7 Å². The van der Waals surface area contributed by atoms with E-state index in [1.807, 2.05) is 26.0 Å². The van der Waals surface area contributed by atoms with Gasteiger partial charge in [-0.1, -0.05) is 0 Å². The van der Waals surface area contributed by atoms with Crippen molar-refractivity contribution in [1.29, 1.82) is 0 Å². The van der Waals surface area contributed by atoms with Crippen LogP contribution in [0.15, 0.2) is 23.5 Å². The molecule has 0 fully saturated rings. The molecule has 2 aliphatic heterocycles. The highest BCUT2D eigenvalue weighted by molar-refractivity contribution is 9.09. The number of hydrogen-bond acceptors (Lipinski definition) is 6. The Labute approximate surface area is 156 Å². The molecule has 1 unspecified atom stereocenters. The van der Waals surface area contributed by atoms with Crippen LogP contribution in [0.2, 0.25) is 0 Å².